The first-order valence-corrected chi connectivity index (χ1v) is 11.6. The number of fused-ring (bicyclic) bond motifs is 1. The molecule has 184 valence electrons. The second-order valence-corrected chi connectivity index (χ2v) is 8.82. The van der Waals surface area contributed by atoms with Gasteiger partial charge in [-0.05, 0) is 43.7 Å². The van der Waals surface area contributed by atoms with Gasteiger partial charge in [0.1, 0.15) is 5.50 Å². The molecule has 1 atom stereocenters. The highest BCUT2D eigenvalue weighted by Gasteiger charge is 2.30. The maximum absolute atomic E-state index is 13.3. The van der Waals surface area contributed by atoms with Crippen LogP contribution in [-0.4, -0.2) is 26.9 Å². The molecule has 1 aromatic heterocycles. The van der Waals surface area contributed by atoms with Crippen LogP contribution in [0.5, 0.6) is 0 Å². The van der Waals surface area contributed by atoms with E-state index in [4.69, 9.17) is 11.6 Å². The van der Waals surface area contributed by atoms with Gasteiger partial charge in [0, 0.05) is 25.1 Å². The Morgan fingerprint density at radius 3 is 2.40 bits per heavy atom. The van der Waals surface area contributed by atoms with Crippen molar-refractivity contribution in [2.45, 2.75) is 45.0 Å². The van der Waals surface area contributed by atoms with Crippen molar-refractivity contribution in [2.24, 2.45) is 0 Å². The normalized spacial score (nSPS) is 14.4. The lowest BCUT2D eigenvalue weighted by Gasteiger charge is -2.29. The van der Waals surface area contributed by atoms with Crippen LogP contribution in [0.15, 0.2) is 53.3 Å². The number of carbonyl (C=O) groups is 1. The van der Waals surface area contributed by atoms with E-state index in [9.17, 15) is 22.8 Å². The Bertz CT molecular complexity index is 1290. The number of aromatic nitrogens is 2. The standard InChI is InChI=1S/C25H24ClF3N4O2/c1-3-33-23(35)19-14-32(22(34)17-6-4-15(2)5-7-17)13-12-20(19)30-24(33)31-21(26)16-8-10-18(11-9-16)25(27,28)29/h4-11,21H,3,12-14H2,1-2H3,(H,30,31). The number of carbonyl (C=O) groups excluding carboxylic acids is 1. The van der Waals surface area contributed by atoms with E-state index in [0.717, 1.165) is 17.7 Å². The summed E-state index contributed by atoms with van der Waals surface area (Å²) in [4.78, 5) is 32.4. The molecular weight excluding hydrogens is 481 g/mol. The van der Waals surface area contributed by atoms with Gasteiger partial charge >= 0.3 is 6.18 Å². The molecule has 35 heavy (non-hydrogen) atoms. The lowest BCUT2D eigenvalue weighted by atomic mass is 10.0. The number of halogens is 4. The first-order valence-electron chi connectivity index (χ1n) is 11.1. The van der Waals surface area contributed by atoms with Crippen molar-refractivity contribution in [2.75, 3.05) is 11.9 Å². The third kappa shape index (κ3) is 5.19. The molecule has 0 spiro atoms. The molecule has 0 fully saturated rings. The first-order chi connectivity index (χ1) is 16.6. The van der Waals surface area contributed by atoms with Gasteiger partial charge in [0.2, 0.25) is 5.95 Å². The number of hydrogen-bond donors (Lipinski definition) is 1. The maximum atomic E-state index is 13.3. The molecule has 1 unspecified atom stereocenters. The van der Waals surface area contributed by atoms with Gasteiger partial charge in [0.15, 0.2) is 0 Å². The Labute approximate surface area is 205 Å². The number of amides is 1. The fourth-order valence-corrected chi connectivity index (χ4v) is 4.25. The van der Waals surface area contributed by atoms with Crippen molar-refractivity contribution < 1.29 is 18.0 Å². The minimum Gasteiger partial charge on any atom is -0.335 e. The molecule has 0 bridgehead atoms. The average Bonchev–Trinajstić information content (AvgIpc) is 2.83. The number of aryl methyl sites for hydroxylation is 1. The smallest absolute Gasteiger partial charge is 0.335 e. The quantitative estimate of drug-likeness (QED) is 0.386. The number of hydrogen-bond acceptors (Lipinski definition) is 4. The van der Waals surface area contributed by atoms with E-state index in [2.05, 4.69) is 10.3 Å². The molecule has 0 saturated heterocycles. The summed E-state index contributed by atoms with van der Waals surface area (Å²) in [6.07, 6.45) is -4.04. The molecule has 10 heteroatoms. The molecule has 2 aromatic carbocycles. The van der Waals surface area contributed by atoms with Crippen LogP contribution in [-0.2, 0) is 25.7 Å². The zero-order valence-corrected chi connectivity index (χ0v) is 20.0. The number of rotatable bonds is 5. The highest BCUT2D eigenvalue weighted by Crippen LogP contribution is 2.31. The van der Waals surface area contributed by atoms with Crippen LogP contribution in [0.2, 0.25) is 0 Å². The Morgan fingerprint density at radius 2 is 1.80 bits per heavy atom. The predicted molar refractivity (Wildman–Crippen MR) is 127 cm³/mol. The largest absolute Gasteiger partial charge is 0.416 e. The minimum atomic E-state index is -4.44. The second-order valence-electron chi connectivity index (χ2n) is 8.38. The molecule has 1 aliphatic rings. The van der Waals surface area contributed by atoms with Gasteiger partial charge in [-0.15, -0.1) is 0 Å². The third-order valence-corrected chi connectivity index (χ3v) is 6.37. The van der Waals surface area contributed by atoms with Gasteiger partial charge in [-0.25, -0.2) is 4.98 Å². The van der Waals surface area contributed by atoms with Crippen LogP contribution in [0.3, 0.4) is 0 Å². The maximum Gasteiger partial charge on any atom is 0.416 e. The summed E-state index contributed by atoms with van der Waals surface area (Å²) < 4.78 is 39.9. The lowest BCUT2D eigenvalue weighted by molar-refractivity contribution is -0.137. The van der Waals surface area contributed by atoms with Gasteiger partial charge in [0.25, 0.3) is 11.5 Å². The Kier molecular flexibility index (Phi) is 6.89. The summed E-state index contributed by atoms with van der Waals surface area (Å²) in [5.41, 5.74) is 1.09. The van der Waals surface area contributed by atoms with Gasteiger partial charge in [-0.2, -0.15) is 13.2 Å². The molecule has 0 saturated carbocycles. The molecular formula is C25H24ClF3N4O2. The Balaban J connectivity index is 1.57. The van der Waals surface area contributed by atoms with E-state index in [1.165, 1.54) is 16.7 Å². The average molecular weight is 505 g/mol. The summed E-state index contributed by atoms with van der Waals surface area (Å²) in [5, 5.41) is 2.95. The monoisotopic (exact) mass is 504 g/mol. The van der Waals surface area contributed by atoms with Crippen LogP contribution in [0.1, 0.15) is 50.7 Å². The van der Waals surface area contributed by atoms with E-state index >= 15 is 0 Å². The first kappa shape index (κ1) is 24.8. The van der Waals surface area contributed by atoms with Crippen LogP contribution < -0.4 is 10.9 Å². The summed E-state index contributed by atoms with van der Waals surface area (Å²) in [5.74, 6) is 0.0814. The molecule has 0 aliphatic carbocycles. The van der Waals surface area contributed by atoms with Crippen molar-refractivity contribution in [1.82, 2.24) is 14.5 Å². The van der Waals surface area contributed by atoms with E-state index in [1.807, 2.05) is 19.1 Å². The number of benzene rings is 2. The van der Waals surface area contributed by atoms with Crippen molar-refractivity contribution in [3.8, 4) is 0 Å². The van der Waals surface area contributed by atoms with E-state index < -0.39 is 17.2 Å². The summed E-state index contributed by atoms with van der Waals surface area (Å²) >= 11 is 6.41. The van der Waals surface area contributed by atoms with Crippen LogP contribution in [0.4, 0.5) is 19.1 Å². The fraction of sp³-hybridized carbons (Fsp3) is 0.320. The van der Waals surface area contributed by atoms with E-state index in [-0.39, 0.29) is 24.0 Å². The SMILES string of the molecule is CCn1c(NC(Cl)c2ccc(C(F)(F)F)cc2)nc2c(c1=O)CN(C(=O)c1ccc(C)cc1)CC2. The van der Waals surface area contributed by atoms with Gasteiger partial charge in [0.05, 0.1) is 23.4 Å². The Morgan fingerprint density at radius 1 is 1.14 bits per heavy atom. The van der Waals surface area contributed by atoms with Crippen molar-refractivity contribution in [3.05, 3.63) is 92.4 Å². The van der Waals surface area contributed by atoms with Crippen molar-refractivity contribution in [3.63, 3.8) is 0 Å². The number of nitrogens with one attached hydrogen (secondary N) is 1. The molecule has 3 aromatic rings. The van der Waals surface area contributed by atoms with E-state index in [0.29, 0.717) is 41.9 Å². The molecule has 0 radical (unpaired) electrons. The minimum absolute atomic E-state index is 0.150. The van der Waals surface area contributed by atoms with Crippen molar-refractivity contribution in [1.29, 1.82) is 0 Å². The molecule has 6 nitrogen and oxygen atoms in total. The van der Waals surface area contributed by atoms with Gasteiger partial charge < -0.3 is 10.2 Å². The molecule has 1 aliphatic heterocycles. The summed E-state index contributed by atoms with van der Waals surface area (Å²) in [6.45, 7) is 4.57. The Hall–Kier alpha value is -3.33. The fourth-order valence-electron chi connectivity index (χ4n) is 4.01. The molecule has 2 heterocycles. The highest BCUT2D eigenvalue weighted by molar-refractivity contribution is 6.21. The third-order valence-electron chi connectivity index (χ3n) is 6.00. The molecule has 1 amide bonds. The predicted octanol–water partition coefficient (Wildman–Crippen LogP) is 5.14. The van der Waals surface area contributed by atoms with Crippen LogP contribution >= 0.6 is 11.6 Å². The summed E-state index contributed by atoms with van der Waals surface area (Å²) in [6, 6.07) is 11.8. The topological polar surface area (TPSA) is 67.2 Å². The van der Waals surface area contributed by atoms with Crippen LogP contribution in [0, 0.1) is 6.92 Å². The van der Waals surface area contributed by atoms with Crippen LogP contribution in [0.25, 0.3) is 0 Å². The van der Waals surface area contributed by atoms with E-state index in [1.54, 1.807) is 24.0 Å². The zero-order chi connectivity index (χ0) is 25.3. The van der Waals surface area contributed by atoms with Gasteiger partial charge in [-0.3, -0.25) is 14.2 Å². The second kappa shape index (κ2) is 9.73. The lowest BCUT2D eigenvalue weighted by Crippen LogP contribution is -2.41. The number of alkyl halides is 4. The molecule has 1 N–H and O–H groups in total. The zero-order valence-electron chi connectivity index (χ0n) is 19.2. The number of anilines is 1. The summed E-state index contributed by atoms with van der Waals surface area (Å²) in [7, 11) is 0. The number of nitrogens with zero attached hydrogens (tertiary/aromatic N) is 3. The van der Waals surface area contributed by atoms with Crippen molar-refractivity contribution >= 4 is 23.5 Å². The molecule has 4 rings (SSSR count). The van der Waals surface area contributed by atoms with Gasteiger partial charge in [-0.1, -0.05) is 41.4 Å². The highest BCUT2D eigenvalue weighted by atomic mass is 35.5.